The van der Waals surface area contributed by atoms with Crippen LogP contribution in [0.1, 0.15) is 25.7 Å². The van der Waals surface area contributed by atoms with E-state index < -0.39 is 16.0 Å². The first-order valence-electron chi connectivity index (χ1n) is 6.18. The molecule has 2 aromatic rings. The Morgan fingerprint density at radius 1 is 1.29 bits per heavy atom. The van der Waals surface area contributed by atoms with Crippen molar-refractivity contribution < 1.29 is 18.3 Å². The van der Waals surface area contributed by atoms with E-state index >= 15 is 0 Å². The van der Waals surface area contributed by atoms with E-state index in [4.69, 9.17) is 5.11 Å². The van der Waals surface area contributed by atoms with Gasteiger partial charge in [0.2, 0.25) is 10.0 Å². The normalized spacial score (nSPS) is 11.5. The van der Waals surface area contributed by atoms with E-state index in [1.807, 2.05) is 19.9 Å². The molecular weight excluding hydrogens is 310 g/mol. The van der Waals surface area contributed by atoms with E-state index in [-0.39, 0.29) is 17.0 Å². The van der Waals surface area contributed by atoms with Crippen LogP contribution in [0.2, 0.25) is 0 Å². The first-order chi connectivity index (χ1) is 9.79. The lowest BCUT2D eigenvalue weighted by Gasteiger charge is -2.06. The van der Waals surface area contributed by atoms with Crippen molar-refractivity contribution in [3.05, 3.63) is 51.2 Å². The molecule has 5 nitrogen and oxygen atoms in total. The van der Waals surface area contributed by atoms with E-state index in [9.17, 15) is 13.2 Å². The van der Waals surface area contributed by atoms with Crippen molar-refractivity contribution in [2.24, 2.45) is 0 Å². The molecule has 21 heavy (non-hydrogen) atoms. The minimum absolute atomic E-state index is 0.0487. The van der Waals surface area contributed by atoms with Crippen LogP contribution in [0.4, 0.5) is 0 Å². The Balaban J connectivity index is 2.18. The molecule has 0 fully saturated rings. The molecule has 1 heterocycles. The number of rotatable bonds is 5. The van der Waals surface area contributed by atoms with Gasteiger partial charge in [0.25, 0.3) is 0 Å². The van der Waals surface area contributed by atoms with E-state index in [1.54, 1.807) is 0 Å². The lowest BCUT2D eigenvalue weighted by atomic mass is 10.2. The lowest BCUT2D eigenvalue weighted by molar-refractivity contribution is 0.0696. The third-order valence-corrected chi connectivity index (χ3v) is 5.60. The average Bonchev–Trinajstić information content (AvgIpc) is 2.76. The van der Waals surface area contributed by atoms with Gasteiger partial charge < -0.3 is 5.11 Å². The molecule has 2 rings (SSSR count). The van der Waals surface area contributed by atoms with Crippen molar-refractivity contribution in [2.75, 3.05) is 0 Å². The van der Waals surface area contributed by atoms with Crippen molar-refractivity contribution in [1.29, 1.82) is 0 Å². The number of aryl methyl sites for hydroxylation is 2. The van der Waals surface area contributed by atoms with E-state index in [1.165, 1.54) is 29.5 Å². The highest BCUT2D eigenvalue weighted by Gasteiger charge is 2.16. The predicted molar refractivity (Wildman–Crippen MR) is 81.2 cm³/mol. The predicted octanol–water partition coefficient (Wildman–Crippen LogP) is 2.54. The minimum atomic E-state index is -3.72. The number of thiophene rings is 1. The zero-order chi connectivity index (χ0) is 15.6. The molecule has 0 bridgehead atoms. The van der Waals surface area contributed by atoms with Gasteiger partial charge in [0.05, 0.1) is 10.5 Å². The van der Waals surface area contributed by atoms with Crippen molar-refractivity contribution in [3.63, 3.8) is 0 Å². The monoisotopic (exact) mass is 325 g/mol. The molecular formula is C14H15NO4S2. The van der Waals surface area contributed by atoms with Gasteiger partial charge in [-0.05, 0) is 43.7 Å². The summed E-state index contributed by atoms with van der Waals surface area (Å²) in [5, 5.41) is 8.90. The van der Waals surface area contributed by atoms with Gasteiger partial charge in [-0.1, -0.05) is 6.07 Å². The van der Waals surface area contributed by atoms with Gasteiger partial charge in [0.15, 0.2) is 0 Å². The maximum atomic E-state index is 12.2. The largest absolute Gasteiger partial charge is 0.478 e. The first-order valence-corrected chi connectivity index (χ1v) is 8.48. The smallest absolute Gasteiger partial charge is 0.335 e. The van der Waals surface area contributed by atoms with Gasteiger partial charge >= 0.3 is 5.97 Å². The fraction of sp³-hybridized carbons (Fsp3) is 0.214. The molecule has 1 aromatic heterocycles. The third kappa shape index (κ3) is 3.69. The van der Waals surface area contributed by atoms with Gasteiger partial charge in [0.1, 0.15) is 0 Å². The van der Waals surface area contributed by atoms with Crippen molar-refractivity contribution in [3.8, 4) is 0 Å². The Hall–Kier alpha value is -1.70. The Kier molecular flexibility index (Phi) is 4.46. The Labute approximate surface area is 127 Å². The highest BCUT2D eigenvalue weighted by molar-refractivity contribution is 7.89. The molecule has 2 N–H and O–H groups in total. The highest BCUT2D eigenvalue weighted by Crippen LogP contribution is 2.21. The molecule has 0 spiro atoms. The number of hydrogen-bond acceptors (Lipinski definition) is 4. The lowest BCUT2D eigenvalue weighted by Crippen LogP contribution is -2.23. The molecule has 0 aliphatic heterocycles. The molecule has 7 heteroatoms. The summed E-state index contributed by atoms with van der Waals surface area (Å²) in [6, 6.07) is 7.23. The zero-order valence-corrected chi connectivity index (χ0v) is 13.2. The van der Waals surface area contributed by atoms with Crippen LogP contribution in [0.3, 0.4) is 0 Å². The fourth-order valence-electron chi connectivity index (χ4n) is 1.78. The number of aromatic carboxylic acids is 1. The second kappa shape index (κ2) is 5.97. The van der Waals surface area contributed by atoms with Crippen LogP contribution in [-0.4, -0.2) is 19.5 Å². The summed E-state index contributed by atoms with van der Waals surface area (Å²) in [6.45, 7) is 4.15. The highest BCUT2D eigenvalue weighted by atomic mass is 32.2. The maximum absolute atomic E-state index is 12.2. The number of nitrogens with one attached hydrogen (secondary N) is 1. The van der Waals surface area contributed by atoms with E-state index in [0.717, 1.165) is 21.4 Å². The van der Waals surface area contributed by atoms with Crippen LogP contribution >= 0.6 is 11.3 Å². The van der Waals surface area contributed by atoms with Crippen LogP contribution in [0, 0.1) is 13.8 Å². The minimum Gasteiger partial charge on any atom is -0.478 e. The number of benzene rings is 1. The standard InChI is InChI=1S/C14H15NO4S2/c1-9-6-12(20-10(9)2)8-15-21(18,19)13-5-3-4-11(7-13)14(16)17/h3-7,15H,8H2,1-2H3,(H,16,17). The number of sulfonamides is 1. The number of carboxylic acid groups (broad SMARTS) is 1. The molecule has 0 aliphatic carbocycles. The van der Waals surface area contributed by atoms with Gasteiger partial charge in [-0.3, -0.25) is 0 Å². The summed E-state index contributed by atoms with van der Waals surface area (Å²) in [6.07, 6.45) is 0. The Bertz CT molecular complexity index is 759. The molecule has 0 radical (unpaired) electrons. The summed E-state index contributed by atoms with van der Waals surface area (Å²) in [5.41, 5.74) is 1.07. The van der Waals surface area contributed by atoms with E-state index in [0.29, 0.717) is 0 Å². The average molecular weight is 325 g/mol. The number of carboxylic acids is 1. The van der Waals surface area contributed by atoms with Gasteiger partial charge in [0, 0.05) is 16.3 Å². The van der Waals surface area contributed by atoms with Gasteiger partial charge in [-0.15, -0.1) is 11.3 Å². The van der Waals surface area contributed by atoms with Crippen LogP contribution < -0.4 is 4.72 Å². The number of hydrogen-bond donors (Lipinski definition) is 2. The topological polar surface area (TPSA) is 83.5 Å². The van der Waals surface area contributed by atoms with Crippen molar-refractivity contribution in [1.82, 2.24) is 4.72 Å². The molecule has 0 atom stereocenters. The first kappa shape index (κ1) is 15.7. The van der Waals surface area contributed by atoms with Crippen LogP contribution in [0.5, 0.6) is 0 Å². The van der Waals surface area contributed by atoms with E-state index in [2.05, 4.69) is 4.72 Å². The Morgan fingerprint density at radius 2 is 2.00 bits per heavy atom. The van der Waals surface area contributed by atoms with Gasteiger partial charge in [-0.25, -0.2) is 17.9 Å². The van der Waals surface area contributed by atoms with Crippen LogP contribution in [0.25, 0.3) is 0 Å². The molecule has 0 amide bonds. The molecule has 0 unspecified atom stereocenters. The molecule has 0 saturated heterocycles. The maximum Gasteiger partial charge on any atom is 0.335 e. The van der Waals surface area contributed by atoms with Crippen LogP contribution in [0.15, 0.2) is 35.2 Å². The molecule has 112 valence electrons. The summed E-state index contributed by atoms with van der Waals surface area (Å²) in [5.74, 6) is -1.16. The number of carbonyl (C=O) groups is 1. The summed E-state index contributed by atoms with van der Waals surface area (Å²) >= 11 is 1.54. The quantitative estimate of drug-likeness (QED) is 0.885. The summed E-state index contributed by atoms with van der Waals surface area (Å²) < 4.78 is 26.8. The third-order valence-electron chi connectivity index (χ3n) is 3.04. The Morgan fingerprint density at radius 3 is 2.57 bits per heavy atom. The van der Waals surface area contributed by atoms with Gasteiger partial charge in [-0.2, -0.15) is 0 Å². The van der Waals surface area contributed by atoms with Crippen molar-refractivity contribution >= 4 is 27.3 Å². The van der Waals surface area contributed by atoms with Crippen LogP contribution in [-0.2, 0) is 16.6 Å². The SMILES string of the molecule is Cc1cc(CNS(=O)(=O)c2cccc(C(=O)O)c2)sc1C. The second-order valence-corrected chi connectivity index (χ2v) is 7.72. The molecule has 0 saturated carbocycles. The molecule has 0 aliphatic rings. The fourth-order valence-corrected chi connectivity index (χ4v) is 3.92. The summed E-state index contributed by atoms with van der Waals surface area (Å²) in [7, 11) is -3.72. The zero-order valence-electron chi connectivity index (χ0n) is 11.6. The second-order valence-electron chi connectivity index (χ2n) is 4.61. The van der Waals surface area contributed by atoms with Crippen molar-refractivity contribution in [2.45, 2.75) is 25.3 Å². The molecule has 1 aromatic carbocycles. The summed E-state index contributed by atoms with van der Waals surface area (Å²) in [4.78, 5) is 12.9.